The average Bonchev–Trinajstić information content (AvgIpc) is 3.25. The summed E-state index contributed by atoms with van der Waals surface area (Å²) in [5.41, 5.74) is 1.33. The topological polar surface area (TPSA) is 83.0 Å². The van der Waals surface area contributed by atoms with Crippen molar-refractivity contribution >= 4 is 55.2 Å². The maximum absolute atomic E-state index is 13.6. The summed E-state index contributed by atoms with van der Waals surface area (Å²) in [7, 11) is 0. The van der Waals surface area contributed by atoms with E-state index in [1.54, 1.807) is 37.5 Å². The molecule has 0 saturated carbocycles. The summed E-state index contributed by atoms with van der Waals surface area (Å²) in [5, 5.41) is 0. The molecule has 0 amide bonds. The van der Waals surface area contributed by atoms with Crippen LogP contribution in [-0.2, 0) is 9.53 Å². The first-order valence-electron chi connectivity index (χ1n) is 10.6. The molecule has 0 radical (unpaired) electrons. The van der Waals surface area contributed by atoms with Crippen LogP contribution in [0.3, 0.4) is 0 Å². The summed E-state index contributed by atoms with van der Waals surface area (Å²) >= 11 is 7.94. The van der Waals surface area contributed by atoms with E-state index in [2.05, 4.69) is 36.9 Å². The predicted molar refractivity (Wildman–Crippen MR) is 137 cm³/mol. The highest BCUT2D eigenvalue weighted by atomic mass is 79.9. The van der Waals surface area contributed by atoms with E-state index in [9.17, 15) is 9.59 Å². The normalized spacial score (nSPS) is 16.0. The number of benzene rings is 1. The van der Waals surface area contributed by atoms with Crippen LogP contribution in [0.2, 0.25) is 0 Å². The van der Waals surface area contributed by atoms with E-state index in [1.807, 2.05) is 31.2 Å². The fourth-order valence-corrected chi connectivity index (χ4v) is 5.29. The molecule has 10 heteroatoms. The second-order valence-corrected chi connectivity index (χ2v) is 10.4. The van der Waals surface area contributed by atoms with Crippen LogP contribution >= 0.6 is 43.2 Å². The second-order valence-electron chi connectivity index (χ2n) is 7.81. The van der Waals surface area contributed by atoms with Gasteiger partial charge in [-0.3, -0.25) is 9.36 Å². The molecule has 0 N–H and O–H groups in total. The number of ether oxygens (including phenoxy) is 2. The molecule has 1 atom stereocenters. The van der Waals surface area contributed by atoms with Gasteiger partial charge in [0.1, 0.15) is 11.5 Å². The minimum Gasteiger partial charge on any atom is -0.494 e. The zero-order chi connectivity index (χ0) is 24.6. The van der Waals surface area contributed by atoms with Crippen molar-refractivity contribution in [2.75, 3.05) is 6.61 Å². The first kappa shape index (κ1) is 24.7. The minimum absolute atomic E-state index is 0.270. The third kappa shape index (κ3) is 4.85. The number of allylic oxidation sites excluding steroid dienone is 1. The predicted octanol–water partition coefficient (Wildman–Crippen LogP) is 4.70. The molecule has 0 saturated heterocycles. The lowest BCUT2D eigenvalue weighted by atomic mass is 9.96. The Bertz CT molecular complexity index is 1430. The van der Waals surface area contributed by atoms with Gasteiger partial charge in [-0.25, -0.2) is 9.79 Å². The van der Waals surface area contributed by atoms with Crippen LogP contribution in [0.25, 0.3) is 6.08 Å². The zero-order valence-electron chi connectivity index (χ0n) is 18.9. The SMILES string of the molecule is CCOc1ccc([C@H]2C(C(=O)OC(C)C)=C(C)N=c3s/c(=C/c4cc(Br)c(Br)o4)c(=O)n32)cc1. The van der Waals surface area contributed by atoms with E-state index >= 15 is 0 Å². The maximum atomic E-state index is 13.6. The molecule has 0 bridgehead atoms. The molecule has 178 valence electrons. The van der Waals surface area contributed by atoms with Gasteiger partial charge in [-0.05, 0) is 83.3 Å². The van der Waals surface area contributed by atoms with Gasteiger partial charge < -0.3 is 13.9 Å². The Kier molecular flexibility index (Phi) is 7.30. The Morgan fingerprint density at radius 2 is 2.00 bits per heavy atom. The number of hydrogen-bond acceptors (Lipinski definition) is 7. The largest absolute Gasteiger partial charge is 0.494 e. The number of rotatable bonds is 6. The van der Waals surface area contributed by atoms with Gasteiger partial charge in [-0.1, -0.05) is 23.5 Å². The van der Waals surface area contributed by atoms with Gasteiger partial charge in [-0.2, -0.15) is 0 Å². The van der Waals surface area contributed by atoms with Crippen molar-refractivity contribution in [1.82, 2.24) is 4.57 Å². The first-order chi connectivity index (χ1) is 16.2. The molecule has 2 aromatic heterocycles. The standard InChI is InChI=1S/C24H22Br2N2O5S/c1-5-31-15-8-6-14(7-9-15)20-19(23(30)32-12(2)3)13(4)27-24-28(20)22(29)18(34-24)11-16-10-17(25)21(26)33-16/h6-12,20H,5H2,1-4H3/b18-11+/t20-/m0/s1. The summed E-state index contributed by atoms with van der Waals surface area (Å²) in [5.74, 6) is 0.722. The van der Waals surface area contributed by atoms with Crippen LogP contribution < -0.4 is 19.6 Å². The molecule has 4 rings (SSSR count). The van der Waals surface area contributed by atoms with Crippen molar-refractivity contribution in [1.29, 1.82) is 0 Å². The average molecular weight is 610 g/mol. The fraction of sp³-hybridized carbons (Fsp3) is 0.292. The summed E-state index contributed by atoms with van der Waals surface area (Å²) in [6.07, 6.45) is 1.36. The Labute approximate surface area is 216 Å². The van der Waals surface area contributed by atoms with Crippen LogP contribution in [0.15, 0.2) is 64.9 Å². The zero-order valence-corrected chi connectivity index (χ0v) is 22.9. The third-order valence-corrected chi connectivity index (χ3v) is 7.72. The second kappa shape index (κ2) is 10.1. The van der Waals surface area contributed by atoms with E-state index < -0.39 is 12.0 Å². The molecular weight excluding hydrogens is 588 g/mol. The molecule has 1 aromatic carbocycles. The Balaban J connectivity index is 1.91. The molecule has 0 aliphatic carbocycles. The Morgan fingerprint density at radius 3 is 2.59 bits per heavy atom. The number of fused-ring (bicyclic) bond motifs is 1. The first-order valence-corrected chi connectivity index (χ1v) is 13.0. The highest BCUT2D eigenvalue weighted by Gasteiger charge is 2.33. The van der Waals surface area contributed by atoms with E-state index in [4.69, 9.17) is 13.9 Å². The van der Waals surface area contributed by atoms with Crippen molar-refractivity contribution in [2.24, 2.45) is 4.99 Å². The molecule has 1 aliphatic heterocycles. The van der Waals surface area contributed by atoms with E-state index in [-0.39, 0.29) is 11.7 Å². The Morgan fingerprint density at radius 1 is 1.29 bits per heavy atom. The third-order valence-electron chi connectivity index (χ3n) is 5.03. The quantitative estimate of drug-likeness (QED) is 0.378. The van der Waals surface area contributed by atoms with Gasteiger partial charge in [0, 0.05) is 6.08 Å². The van der Waals surface area contributed by atoms with E-state index in [1.165, 1.54) is 11.3 Å². The molecule has 0 unspecified atom stereocenters. The highest BCUT2D eigenvalue weighted by Crippen LogP contribution is 2.32. The van der Waals surface area contributed by atoms with Crippen LogP contribution in [-0.4, -0.2) is 23.2 Å². The van der Waals surface area contributed by atoms with Crippen LogP contribution in [0.5, 0.6) is 5.75 Å². The number of hydrogen-bond donors (Lipinski definition) is 0. The minimum atomic E-state index is -0.685. The number of aromatic nitrogens is 1. The molecule has 7 nitrogen and oxygen atoms in total. The van der Waals surface area contributed by atoms with Crippen molar-refractivity contribution in [3.63, 3.8) is 0 Å². The van der Waals surface area contributed by atoms with Crippen molar-refractivity contribution in [2.45, 2.75) is 39.8 Å². The molecule has 0 spiro atoms. The molecule has 1 aliphatic rings. The van der Waals surface area contributed by atoms with E-state index in [0.717, 1.165) is 10.0 Å². The van der Waals surface area contributed by atoms with Crippen molar-refractivity contribution < 1.29 is 18.7 Å². The summed E-state index contributed by atoms with van der Waals surface area (Å²) in [4.78, 5) is 31.8. The van der Waals surface area contributed by atoms with Gasteiger partial charge in [0.2, 0.25) is 0 Å². The number of carbonyl (C=O) groups excluding carboxylic acids is 1. The lowest BCUT2D eigenvalue weighted by Gasteiger charge is -2.25. The fourth-order valence-electron chi connectivity index (χ4n) is 3.65. The number of thiazole rings is 1. The number of esters is 1. The van der Waals surface area contributed by atoms with Crippen LogP contribution in [0.4, 0.5) is 0 Å². The van der Waals surface area contributed by atoms with Crippen molar-refractivity contribution in [3.8, 4) is 5.75 Å². The molecule has 3 aromatic rings. The molecular formula is C24H22Br2N2O5S. The maximum Gasteiger partial charge on any atom is 0.338 e. The summed E-state index contributed by atoms with van der Waals surface area (Å²) < 4.78 is 20.0. The van der Waals surface area contributed by atoms with Crippen LogP contribution in [0.1, 0.15) is 45.1 Å². The Hall–Kier alpha value is -2.43. The number of nitrogens with zero attached hydrogens (tertiary/aromatic N) is 2. The lowest BCUT2D eigenvalue weighted by Crippen LogP contribution is -2.40. The van der Waals surface area contributed by atoms with Gasteiger partial charge in [0.05, 0.1) is 39.0 Å². The molecule has 34 heavy (non-hydrogen) atoms. The summed E-state index contributed by atoms with van der Waals surface area (Å²) in [6, 6.07) is 8.45. The van der Waals surface area contributed by atoms with Gasteiger partial charge in [0.25, 0.3) is 5.56 Å². The monoisotopic (exact) mass is 608 g/mol. The van der Waals surface area contributed by atoms with Gasteiger partial charge in [-0.15, -0.1) is 0 Å². The van der Waals surface area contributed by atoms with Gasteiger partial charge in [0.15, 0.2) is 9.47 Å². The van der Waals surface area contributed by atoms with Crippen LogP contribution in [0, 0.1) is 0 Å². The van der Waals surface area contributed by atoms with E-state index in [0.29, 0.717) is 43.4 Å². The van der Waals surface area contributed by atoms with Gasteiger partial charge >= 0.3 is 5.97 Å². The number of carbonyl (C=O) groups is 1. The summed E-state index contributed by atoms with van der Waals surface area (Å²) in [6.45, 7) is 7.78. The highest BCUT2D eigenvalue weighted by molar-refractivity contribution is 9.13. The van der Waals surface area contributed by atoms with Crippen molar-refractivity contribution in [3.05, 3.63) is 81.8 Å². The molecule has 3 heterocycles. The molecule has 0 fully saturated rings. The number of furan rings is 1. The smallest absolute Gasteiger partial charge is 0.338 e. The lowest BCUT2D eigenvalue weighted by molar-refractivity contribution is -0.143. The number of halogens is 2.